The maximum Gasteiger partial charge on any atom is 0.270 e. The third-order valence-electron chi connectivity index (χ3n) is 6.11. The van der Waals surface area contributed by atoms with Gasteiger partial charge in [0, 0.05) is 39.6 Å². The molecule has 1 atom stereocenters. The van der Waals surface area contributed by atoms with Crippen LogP contribution in [-0.2, 0) is 16.0 Å². The van der Waals surface area contributed by atoms with Crippen LogP contribution in [0.5, 0.6) is 0 Å². The number of oxazole rings is 1. The van der Waals surface area contributed by atoms with E-state index in [-0.39, 0.29) is 11.7 Å². The van der Waals surface area contributed by atoms with Gasteiger partial charge >= 0.3 is 0 Å². The lowest BCUT2D eigenvalue weighted by Gasteiger charge is -2.23. The summed E-state index contributed by atoms with van der Waals surface area (Å²) in [6.45, 7) is 0.634. The van der Waals surface area contributed by atoms with Gasteiger partial charge in [-0.3, -0.25) is 4.79 Å². The lowest BCUT2D eigenvalue weighted by Crippen LogP contribution is -2.25. The van der Waals surface area contributed by atoms with E-state index in [0.717, 1.165) is 26.4 Å². The molecule has 178 valence electrons. The fraction of sp³-hybridized carbons (Fsp3) is 0.107. The molecule has 0 N–H and O–H groups in total. The Balaban J connectivity index is 1.31. The molecular weight excluding hydrogens is 525 g/mol. The maximum absolute atomic E-state index is 13.6. The molecule has 3 aromatic carbocycles. The molecule has 2 aliphatic rings. The fourth-order valence-corrected chi connectivity index (χ4v) is 4.55. The van der Waals surface area contributed by atoms with E-state index in [1.165, 1.54) is 18.2 Å². The highest BCUT2D eigenvalue weighted by molar-refractivity contribution is 9.10. The lowest BCUT2D eigenvalue weighted by molar-refractivity contribution is -0.112. The SMILES string of the molecule is O=C1C=c2ccc(CCN3C=COC3c3oc(-c4ccc(Br)cc4)nc3-c3ccc(F)cc3)cc2=N1. The summed E-state index contributed by atoms with van der Waals surface area (Å²) in [7, 11) is 0. The van der Waals surface area contributed by atoms with Gasteiger partial charge in [0.1, 0.15) is 17.8 Å². The van der Waals surface area contributed by atoms with Crippen LogP contribution in [-0.4, -0.2) is 22.3 Å². The van der Waals surface area contributed by atoms with Crippen molar-refractivity contribution in [2.24, 2.45) is 4.99 Å². The van der Waals surface area contributed by atoms with Gasteiger partial charge in [0.2, 0.25) is 12.1 Å². The monoisotopic (exact) mass is 543 g/mol. The predicted molar refractivity (Wildman–Crippen MR) is 135 cm³/mol. The second-order valence-corrected chi connectivity index (χ2v) is 9.41. The Hall–Kier alpha value is -4.04. The first-order valence-corrected chi connectivity index (χ1v) is 12.2. The van der Waals surface area contributed by atoms with Crippen LogP contribution in [0.3, 0.4) is 0 Å². The Morgan fingerprint density at radius 3 is 2.58 bits per heavy atom. The zero-order valence-corrected chi connectivity index (χ0v) is 20.5. The highest BCUT2D eigenvalue weighted by Gasteiger charge is 2.31. The highest BCUT2D eigenvalue weighted by atomic mass is 79.9. The summed E-state index contributed by atoms with van der Waals surface area (Å²) in [6.07, 6.45) is 5.22. The molecule has 1 amide bonds. The first kappa shape index (κ1) is 22.4. The van der Waals surface area contributed by atoms with E-state index in [1.54, 1.807) is 18.4 Å². The summed E-state index contributed by atoms with van der Waals surface area (Å²) in [6, 6.07) is 19.7. The summed E-state index contributed by atoms with van der Waals surface area (Å²) in [5.74, 6) is 0.443. The van der Waals surface area contributed by atoms with Gasteiger partial charge in [-0.05, 0) is 66.6 Å². The lowest BCUT2D eigenvalue weighted by atomic mass is 10.1. The van der Waals surface area contributed by atoms with Gasteiger partial charge in [0.15, 0.2) is 5.76 Å². The fourth-order valence-electron chi connectivity index (χ4n) is 4.28. The Kier molecular flexibility index (Phi) is 5.73. The number of hydrogen-bond acceptors (Lipinski definition) is 5. The van der Waals surface area contributed by atoms with E-state index < -0.39 is 6.23 Å². The van der Waals surface area contributed by atoms with E-state index in [1.807, 2.05) is 53.6 Å². The van der Waals surface area contributed by atoms with Crippen molar-refractivity contribution in [3.8, 4) is 22.7 Å². The Morgan fingerprint density at radius 1 is 1.00 bits per heavy atom. The minimum atomic E-state index is -0.532. The number of fused-ring (bicyclic) bond motifs is 1. The summed E-state index contributed by atoms with van der Waals surface area (Å²) >= 11 is 3.45. The number of rotatable bonds is 6. The van der Waals surface area contributed by atoms with Gasteiger partial charge in [-0.1, -0.05) is 28.1 Å². The molecule has 3 heterocycles. The third-order valence-corrected chi connectivity index (χ3v) is 6.64. The molecule has 6 nitrogen and oxygen atoms in total. The minimum Gasteiger partial charge on any atom is -0.469 e. The van der Waals surface area contributed by atoms with Gasteiger partial charge in [-0.25, -0.2) is 14.4 Å². The number of hydrogen-bond donors (Lipinski definition) is 0. The van der Waals surface area contributed by atoms with Crippen LogP contribution in [0.2, 0.25) is 0 Å². The van der Waals surface area contributed by atoms with Crippen molar-refractivity contribution in [1.29, 1.82) is 0 Å². The van der Waals surface area contributed by atoms with Crippen LogP contribution in [0.1, 0.15) is 17.6 Å². The number of carbonyl (C=O) groups excluding carboxylic acids is 1. The molecule has 0 aliphatic carbocycles. The topological polar surface area (TPSA) is 67.9 Å². The average Bonchev–Trinajstić information content (AvgIpc) is 3.60. The number of benzene rings is 3. The molecular formula is C28H19BrFN3O3. The quantitative estimate of drug-likeness (QED) is 0.346. The molecule has 0 fully saturated rings. The van der Waals surface area contributed by atoms with Crippen molar-refractivity contribution in [1.82, 2.24) is 9.88 Å². The Labute approximate surface area is 214 Å². The van der Waals surface area contributed by atoms with Crippen molar-refractivity contribution >= 4 is 27.9 Å². The molecule has 0 bridgehead atoms. The molecule has 8 heteroatoms. The van der Waals surface area contributed by atoms with Gasteiger partial charge in [-0.15, -0.1) is 0 Å². The Morgan fingerprint density at radius 2 is 1.78 bits per heavy atom. The number of nitrogens with zero attached hydrogens (tertiary/aromatic N) is 3. The van der Waals surface area contributed by atoms with Crippen LogP contribution >= 0.6 is 15.9 Å². The molecule has 4 aromatic rings. The summed E-state index contributed by atoms with van der Waals surface area (Å²) in [5, 5.41) is 1.55. The molecule has 0 saturated carbocycles. The van der Waals surface area contributed by atoms with Crippen molar-refractivity contribution in [2.45, 2.75) is 12.6 Å². The molecule has 1 unspecified atom stereocenters. The van der Waals surface area contributed by atoms with Crippen LogP contribution in [0, 0.1) is 5.82 Å². The smallest absolute Gasteiger partial charge is 0.270 e. The first-order chi connectivity index (χ1) is 17.5. The van der Waals surface area contributed by atoms with E-state index >= 15 is 0 Å². The first-order valence-electron chi connectivity index (χ1n) is 11.4. The number of halogens is 2. The number of amides is 1. The average molecular weight is 544 g/mol. The molecule has 1 aromatic heterocycles. The maximum atomic E-state index is 13.6. The highest BCUT2D eigenvalue weighted by Crippen LogP contribution is 2.38. The van der Waals surface area contributed by atoms with Crippen molar-refractivity contribution in [3.05, 3.63) is 111 Å². The molecule has 2 aliphatic heterocycles. The van der Waals surface area contributed by atoms with Crippen LogP contribution < -0.4 is 10.6 Å². The molecule has 0 radical (unpaired) electrons. The predicted octanol–water partition coefficient (Wildman–Crippen LogP) is 4.90. The van der Waals surface area contributed by atoms with E-state index in [2.05, 4.69) is 20.9 Å². The largest absolute Gasteiger partial charge is 0.469 e. The van der Waals surface area contributed by atoms with E-state index in [4.69, 9.17) is 14.1 Å². The summed E-state index contributed by atoms with van der Waals surface area (Å²) in [4.78, 5) is 22.4. The minimum absolute atomic E-state index is 0.224. The number of aromatic nitrogens is 1. The van der Waals surface area contributed by atoms with Gasteiger partial charge in [0.05, 0.1) is 5.36 Å². The zero-order chi connectivity index (χ0) is 24.6. The molecule has 6 rings (SSSR count). The second kappa shape index (κ2) is 9.20. The third kappa shape index (κ3) is 4.35. The molecule has 0 saturated heterocycles. The second-order valence-electron chi connectivity index (χ2n) is 8.49. The molecule has 0 spiro atoms. The van der Waals surface area contributed by atoms with Crippen LogP contribution in [0.15, 0.2) is 93.1 Å². The normalized spacial score (nSPS) is 16.0. The van der Waals surface area contributed by atoms with Gasteiger partial charge in [0.25, 0.3) is 5.91 Å². The molecule has 36 heavy (non-hydrogen) atoms. The van der Waals surface area contributed by atoms with Gasteiger partial charge in [-0.2, -0.15) is 0 Å². The summed E-state index contributed by atoms with van der Waals surface area (Å²) in [5.41, 5.74) is 3.21. The van der Waals surface area contributed by atoms with Crippen molar-refractivity contribution < 1.29 is 18.3 Å². The van der Waals surface area contributed by atoms with Crippen LogP contribution in [0.25, 0.3) is 28.8 Å². The van der Waals surface area contributed by atoms with Crippen LogP contribution in [0.4, 0.5) is 4.39 Å². The van der Waals surface area contributed by atoms with Crippen molar-refractivity contribution in [2.75, 3.05) is 6.54 Å². The van der Waals surface area contributed by atoms with E-state index in [9.17, 15) is 9.18 Å². The van der Waals surface area contributed by atoms with Crippen molar-refractivity contribution in [3.63, 3.8) is 0 Å². The number of carbonyl (C=O) groups is 1. The van der Waals surface area contributed by atoms with E-state index in [0.29, 0.717) is 35.7 Å². The zero-order valence-electron chi connectivity index (χ0n) is 18.9. The number of ether oxygens (including phenoxy) is 1. The van der Waals surface area contributed by atoms with Gasteiger partial charge < -0.3 is 14.1 Å². The Bertz CT molecular complexity index is 1610. The standard InChI is InChI=1S/C28H19BrFN3O3/c29-21-7-3-19(4-8-21)27-32-25(18-5-9-22(30)10-6-18)26(36-27)28-33(13-14-35-28)12-11-17-1-2-20-16-24(34)31-23(20)15-17/h1-10,13-16,28H,11-12H2. The summed E-state index contributed by atoms with van der Waals surface area (Å²) < 4.78 is 26.8.